The average molecular weight is 513 g/mol. The number of Topliss-reactive ketones (excluding diaryl/α,β-unsaturated/α-hetero) is 1. The number of nitrogens with zero attached hydrogens (tertiary/aromatic N) is 2. The van der Waals surface area contributed by atoms with Gasteiger partial charge in [-0.15, -0.1) is 0 Å². The lowest BCUT2D eigenvalue weighted by molar-refractivity contribution is -0.132. The number of aliphatic hydroxyl groups is 1. The normalized spacial score (nSPS) is 17.0. The predicted molar refractivity (Wildman–Crippen MR) is 147 cm³/mol. The van der Waals surface area contributed by atoms with Crippen LogP contribution >= 0.6 is 11.3 Å². The van der Waals surface area contributed by atoms with Crippen LogP contribution in [-0.4, -0.2) is 28.4 Å². The van der Waals surface area contributed by atoms with Gasteiger partial charge in [0.25, 0.3) is 5.78 Å². The van der Waals surface area contributed by atoms with Crippen molar-refractivity contribution in [3.8, 4) is 5.75 Å². The number of amides is 1. The number of aryl methyl sites for hydroxylation is 1. The number of rotatable bonds is 8. The summed E-state index contributed by atoms with van der Waals surface area (Å²) in [5.74, 6) is -1.01. The molecule has 3 aromatic carbocycles. The summed E-state index contributed by atoms with van der Waals surface area (Å²) in [6, 6.07) is 21.2. The van der Waals surface area contributed by atoms with E-state index in [1.165, 1.54) is 16.2 Å². The third-order valence-corrected chi connectivity index (χ3v) is 7.44. The van der Waals surface area contributed by atoms with Crippen LogP contribution < -0.4 is 9.64 Å². The average Bonchev–Trinajstić information content (AvgIpc) is 3.44. The van der Waals surface area contributed by atoms with Gasteiger partial charge in [-0.05, 0) is 48.7 Å². The van der Waals surface area contributed by atoms with Crippen molar-refractivity contribution in [1.29, 1.82) is 0 Å². The van der Waals surface area contributed by atoms with Crippen molar-refractivity contribution in [3.63, 3.8) is 0 Å². The summed E-state index contributed by atoms with van der Waals surface area (Å²) < 4.78 is 6.89. The molecule has 0 bridgehead atoms. The molecule has 1 unspecified atom stereocenters. The van der Waals surface area contributed by atoms with Crippen LogP contribution in [0.25, 0.3) is 16.0 Å². The minimum absolute atomic E-state index is 0.0368. The zero-order valence-electron chi connectivity index (χ0n) is 20.8. The monoisotopic (exact) mass is 512 g/mol. The van der Waals surface area contributed by atoms with Gasteiger partial charge < -0.3 is 9.84 Å². The Balaban J connectivity index is 1.64. The van der Waals surface area contributed by atoms with Crippen molar-refractivity contribution < 1.29 is 19.4 Å². The van der Waals surface area contributed by atoms with Gasteiger partial charge in [0.05, 0.1) is 28.4 Å². The molecule has 0 aliphatic carbocycles. The molecule has 1 saturated heterocycles. The second-order valence-electron chi connectivity index (χ2n) is 9.13. The first-order valence-electron chi connectivity index (χ1n) is 12.4. The van der Waals surface area contributed by atoms with E-state index in [2.05, 4.69) is 6.92 Å². The van der Waals surface area contributed by atoms with Crippen molar-refractivity contribution in [2.24, 2.45) is 0 Å². The second kappa shape index (κ2) is 10.6. The van der Waals surface area contributed by atoms with E-state index in [4.69, 9.17) is 9.72 Å². The topological polar surface area (TPSA) is 79.7 Å². The summed E-state index contributed by atoms with van der Waals surface area (Å²) in [5.41, 5.74) is 3.01. The summed E-state index contributed by atoms with van der Waals surface area (Å²) in [6.45, 7) is 4.72. The number of benzene rings is 3. The number of hydrogen-bond donors (Lipinski definition) is 1. The maximum atomic E-state index is 13.5. The highest BCUT2D eigenvalue weighted by Gasteiger charge is 2.48. The Kier molecular flexibility index (Phi) is 7.06. The van der Waals surface area contributed by atoms with Gasteiger partial charge in [0.1, 0.15) is 11.5 Å². The fraction of sp³-hybridized carbons (Fsp3) is 0.233. The van der Waals surface area contributed by atoms with Gasteiger partial charge in [-0.25, -0.2) is 4.98 Å². The number of hydrogen-bond acceptors (Lipinski definition) is 6. The maximum absolute atomic E-state index is 13.5. The van der Waals surface area contributed by atoms with Gasteiger partial charge in [-0.2, -0.15) is 0 Å². The van der Waals surface area contributed by atoms with Crippen LogP contribution in [-0.2, 0) is 9.59 Å². The lowest BCUT2D eigenvalue weighted by Gasteiger charge is -2.23. The van der Waals surface area contributed by atoms with E-state index >= 15 is 0 Å². The number of ether oxygens (including phenoxy) is 1. The molecule has 5 rings (SSSR count). The number of fused-ring (bicyclic) bond motifs is 1. The van der Waals surface area contributed by atoms with Gasteiger partial charge in [0.15, 0.2) is 5.13 Å². The zero-order chi connectivity index (χ0) is 25.9. The molecule has 4 aromatic rings. The second-order valence-corrected chi connectivity index (χ2v) is 10.1. The first kappa shape index (κ1) is 24.7. The minimum atomic E-state index is -0.846. The van der Waals surface area contributed by atoms with Crippen molar-refractivity contribution in [1.82, 2.24) is 4.98 Å². The number of thiazole rings is 1. The lowest BCUT2D eigenvalue weighted by Crippen LogP contribution is -2.29. The van der Waals surface area contributed by atoms with E-state index < -0.39 is 17.7 Å². The number of ketones is 1. The molecule has 2 heterocycles. The molecule has 7 heteroatoms. The van der Waals surface area contributed by atoms with Crippen LogP contribution in [0.1, 0.15) is 48.9 Å². The molecule has 0 saturated carbocycles. The van der Waals surface area contributed by atoms with Gasteiger partial charge in [0.2, 0.25) is 0 Å². The zero-order valence-corrected chi connectivity index (χ0v) is 21.6. The fourth-order valence-electron chi connectivity index (χ4n) is 4.54. The van der Waals surface area contributed by atoms with Crippen LogP contribution in [0.2, 0.25) is 0 Å². The Morgan fingerprint density at radius 2 is 1.84 bits per heavy atom. The molecule has 1 atom stereocenters. The molecule has 0 radical (unpaired) electrons. The van der Waals surface area contributed by atoms with Crippen molar-refractivity contribution in [3.05, 3.63) is 95.1 Å². The third kappa shape index (κ3) is 4.87. The van der Waals surface area contributed by atoms with Crippen molar-refractivity contribution in [2.45, 2.75) is 39.2 Å². The first-order valence-corrected chi connectivity index (χ1v) is 13.3. The van der Waals surface area contributed by atoms with E-state index in [1.807, 2.05) is 55.5 Å². The Morgan fingerprint density at radius 3 is 2.62 bits per heavy atom. The Labute approximate surface area is 219 Å². The number of anilines is 1. The fourth-order valence-corrected chi connectivity index (χ4v) is 5.63. The summed E-state index contributed by atoms with van der Waals surface area (Å²) in [7, 11) is 0. The quantitative estimate of drug-likeness (QED) is 0.122. The number of carbonyl (C=O) groups is 2. The highest BCUT2D eigenvalue weighted by Crippen LogP contribution is 2.44. The highest BCUT2D eigenvalue weighted by atomic mass is 32.1. The van der Waals surface area contributed by atoms with Gasteiger partial charge in [-0.1, -0.05) is 79.6 Å². The maximum Gasteiger partial charge on any atom is 0.301 e. The van der Waals surface area contributed by atoms with E-state index in [9.17, 15) is 14.7 Å². The molecule has 188 valence electrons. The molecule has 0 spiro atoms. The number of aliphatic hydroxyl groups excluding tert-OH is 1. The Morgan fingerprint density at radius 1 is 1.03 bits per heavy atom. The molecule has 6 nitrogen and oxygen atoms in total. The van der Waals surface area contributed by atoms with E-state index in [0.29, 0.717) is 28.6 Å². The predicted octanol–water partition coefficient (Wildman–Crippen LogP) is 6.80. The van der Waals surface area contributed by atoms with E-state index in [1.54, 1.807) is 24.3 Å². The smallest absolute Gasteiger partial charge is 0.301 e. The summed E-state index contributed by atoms with van der Waals surface area (Å²) in [5, 5.41) is 11.7. The first-order chi connectivity index (χ1) is 18.0. The molecule has 1 aliphatic heterocycles. The number of unbranched alkanes of at least 4 members (excludes halogenated alkanes) is 2. The molecule has 1 aliphatic rings. The SMILES string of the molecule is CCCCCOc1cccc(C2C(=C(O)c3ccccc3)C(=O)C(=O)N2c2nc3ccc(C)cc3s2)c1. The number of aromatic nitrogens is 1. The Hall–Kier alpha value is -3.97. The van der Waals surface area contributed by atoms with Crippen LogP contribution in [0.3, 0.4) is 0 Å². The summed E-state index contributed by atoms with van der Waals surface area (Å²) in [4.78, 5) is 33.0. The third-order valence-electron chi connectivity index (χ3n) is 6.42. The van der Waals surface area contributed by atoms with Gasteiger partial charge in [-0.3, -0.25) is 14.5 Å². The Bertz CT molecular complexity index is 1490. The molecule has 1 aromatic heterocycles. The van der Waals surface area contributed by atoms with Crippen LogP contribution in [0, 0.1) is 6.92 Å². The number of carbonyl (C=O) groups excluding carboxylic acids is 2. The van der Waals surface area contributed by atoms with Gasteiger partial charge >= 0.3 is 5.91 Å². The molecular formula is C30H28N2O4S. The molecule has 1 fully saturated rings. The molecule has 1 N–H and O–H groups in total. The molecular weight excluding hydrogens is 484 g/mol. The minimum Gasteiger partial charge on any atom is -0.507 e. The van der Waals surface area contributed by atoms with Crippen LogP contribution in [0.4, 0.5) is 5.13 Å². The largest absolute Gasteiger partial charge is 0.507 e. The van der Waals surface area contributed by atoms with Crippen LogP contribution in [0.5, 0.6) is 5.75 Å². The summed E-state index contributed by atoms with van der Waals surface area (Å²) >= 11 is 1.35. The van der Waals surface area contributed by atoms with Crippen LogP contribution in [0.15, 0.2) is 78.4 Å². The van der Waals surface area contributed by atoms with Gasteiger partial charge in [0, 0.05) is 5.56 Å². The highest BCUT2D eigenvalue weighted by molar-refractivity contribution is 7.22. The van der Waals surface area contributed by atoms with E-state index in [0.717, 1.165) is 35.0 Å². The summed E-state index contributed by atoms with van der Waals surface area (Å²) in [6.07, 6.45) is 3.12. The van der Waals surface area contributed by atoms with E-state index in [-0.39, 0.29) is 11.3 Å². The molecule has 1 amide bonds. The van der Waals surface area contributed by atoms with Crippen molar-refractivity contribution >= 4 is 44.1 Å². The standard InChI is InChI=1S/C30H28N2O4S/c1-3-4-8-16-36-22-13-9-12-21(18-22)26-25(27(33)20-10-6-5-7-11-20)28(34)29(35)32(26)30-31-23-15-14-19(2)17-24(23)37-30/h5-7,9-15,17-18,26,33H,3-4,8,16H2,1-2H3. The lowest BCUT2D eigenvalue weighted by atomic mass is 9.95. The van der Waals surface area contributed by atoms with Crippen molar-refractivity contribution in [2.75, 3.05) is 11.5 Å². The molecule has 37 heavy (non-hydrogen) atoms.